The third kappa shape index (κ3) is 3.15. The molecular formula is C16H24FNO. The molecule has 0 saturated carbocycles. The van der Waals surface area contributed by atoms with Gasteiger partial charge in [-0.25, -0.2) is 4.39 Å². The fourth-order valence-electron chi connectivity index (χ4n) is 3.27. The highest BCUT2D eigenvalue weighted by Crippen LogP contribution is 2.34. The molecule has 2 nitrogen and oxygen atoms in total. The summed E-state index contributed by atoms with van der Waals surface area (Å²) >= 11 is 0. The van der Waals surface area contributed by atoms with Gasteiger partial charge in [-0.3, -0.25) is 0 Å². The van der Waals surface area contributed by atoms with Crippen molar-refractivity contribution in [3.63, 3.8) is 0 Å². The lowest BCUT2D eigenvalue weighted by molar-refractivity contribution is 0.0284. The van der Waals surface area contributed by atoms with E-state index in [0.717, 1.165) is 19.6 Å². The van der Waals surface area contributed by atoms with Crippen LogP contribution in [0.15, 0.2) is 24.3 Å². The molecule has 2 unspecified atom stereocenters. The third-order valence-electron chi connectivity index (χ3n) is 4.34. The van der Waals surface area contributed by atoms with Gasteiger partial charge in [0.15, 0.2) is 0 Å². The van der Waals surface area contributed by atoms with Crippen LogP contribution in [-0.2, 0) is 10.2 Å². The molecule has 2 atom stereocenters. The zero-order valence-corrected chi connectivity index (χ0v) is 12.1. The number of benzene rings is 1. The second-order valence-electron chi connectivity index (χ2n) is 5.97. The van der Waals surface area contributed by atoms with Gasteiger partial charge in [0, 0.05) is 18.1 Å². The lowest BCUT2D eigenvalue weighted by atomic mass is 9.71. The van der Waals surface area contributed by atoms with Gasteiger partial charge in [0.2, 0.25) is 0 Å². The Labute approximate surface area is 115 Å². The minimum Gasteiger partial charge on any atom is -0.381 e. The van der Waals surface area contributed by atoms with E-state index < -0.39 is 0 Å². The Hall–Kier alpha value is -0.930. The molecule has 0 aliphatic carbocycles. The Bertz CT molecular complexity index is 396. The number of halogens is 1. The van der Waals surface area contributed by atoms with Crippen LogP contribution in [0.4, 0.5) is 4.39 Å². The van der Waals surface area contributed by atoms with E-state index >= 15 is 0 Å². The minimum atomic E-state index is -0.179. The Balaban J connectivity index is 2.21. The summed E-state index contributed by atoms with van der Waals surface area (Å²) in [5.41, 5.74) is 1.12. The molecule has 0 bridgehead atoms. The molecule has 1 saturated heterocycles. The normalized spacial score (nSPS) is 22.2. The molecule has 0 radical (unpaired) electrons. The van der Waals surface area contributed by atoms with Gasteiger partial charge < -0.3 is 10.1 Å². The van der Waals surface area contributed by atoms with Gasteiger partial charge in [0.05, 0.1) is 6.61 Å². The average Bonchev–Trinajstić information content (AvgIpc) is 2.41. The first kappa shape index (κ1) is 14.5. The number of nitrogens with one attached hydrogen (secondary N) is 1. The highest BCUT2D eigenvalue weighted by atomic mass is 19.1. The predicted molar refractivity (Wildman–Crippen MR) is 75.8 cm³/mol. The monoisotopic (exact) mass is 265 g/mol. The highest BCUT2D eigenvalue weighted by molar-refractivity contribution is 5.27. The minimum absolute atomic E-state index is 0.0478. The van der Waals surface area contributed by atoms with Crippen LogP contribution in [0.1, 0.15) is 32.3 Å². The van der Waals surface area contributed by atoms with E-state index in [1.807, 2.05) is 19.2 Å². The van der Waals surface area contributed by atoms with Crippen LogP contribution in [0.3, 0.4) is 0 Å². The number of hydrogen-bond donors (Lipinski definition) is 1. The van der Waals surface area contributed by atoms with E-state index in [0.29, 0.717) is 12.0 Å². The van der Waals surface area contributed by atoms with Crippen LogP contribution < -0.4 is 5.32 Å². The van der Waals surface area contributed by atoms with Gasteiger partial charge in [-0.15, -0.1) is 0 Å². The van der Waals surface area contributed by atoms with Crippen molar-refractivity contribution in [3.8, 4) is 0 Å². The van der Waals surface area contributed by atoms with Gasteiger partial charge in [-0.2, -0.15) is 0 Å². The molecule has 1 aromatic carbocycles. The molecule has 1 N–H and O–H groups in total. The van der Waals surface area contributed by atoms with Crippen molar-refractivity contribution in [1.29, 1.82) is 0 Å². The zero-order valence-electron chi connectivity index (χ0n) is 12.1. The topological polar surface area (TPSA) is 21.3 Å². The first-order valence-electron chi connectivity index (χ1n) is 7.06. The van der Waals surface area contributed by atoms with Crippen LogP contribution in [0, 0.1) is 11.7 Å². The largest absolute Gasteiger partial charge is 0.381 e. The highest BCUT2D eigenvalue weighted by Gasteiger charge is 2.36. The van der Waals surface area contributed by atoms with Crippen LogP contribution in [-0.4, -0.2) is 26.3 Å². The van der Waals surface area contributed by atoms with E-state index in [9.17, 15) is 4.39 Å². The molecule has 0 amide bonds. The summed E-state index contributed by atoms with van der Waals surface area (Å²) in [7, 11) is 2.00. The zero-order chi connectivity index (χ0) is 13.9. The van der Waals surface area contributed by atoms with Gasteiger partial charge >= 0.3 is 0 Å². The fourth-order valence-corrected chi connectivity index (χ4v) is 3.27. The van der Waals surface area contributed by atoms with E-state index in [4.69, 9.17) is 4.74 Å². The summed E-state index contributed by atoms with van der Waals surface area (Å²) in [6.45, 7) is 6.13. The lowest BCUT2D eigenvalue weighted by Crippen LogP contribution is -2.50. The van der Waals surface area contributed by atoms with Gasteiger partial charge in [-0.1, -0.05) is 26.0 Å². The predicted octanol–water partition coefficient (Wildman–Crippen LogP) is 3.12. The summed E-state index contributed by atoms with van der Waals surface area (Å²) < 4.78 is 18.7. The number of rotatable bonds is 4. The maximum absolute atomic E-state index is 13.1. The summed E-state index contributed by atoms with van der Waals surface area (Å²) in [6, 6.07) is 7.20. The molecule has 106 valence electrons. The Morgan fingerprint density at radius 1 is 1.32 bits per heavy atom. The second-order valence-corrected chi connectivity index (χ2v) is 5.97. The van der Waals surface area contributed by atoms with Crippen LogP contribution in [0.25, 0.3) is 0 Å². The van der Waals surface area contributed by atoms with Crippen molar-refractivity contribution in [3.05, 3.63) is 35.6 Å². The fraction of sp³-hybridized carbons (Fsp3) is 0.625. The van der Waals surface area contributed by atoms with E-state index in [2.05, 4.69) is 19.2 Å². The van der Waals surface area contributed by atoms with Crippen molar-refractivity contribution in [2.45, 2.75) is 38.1 Å². The van der Waals surface area contributed by atoms with Gasteiger partial charge in [0.25, 0.3) is 0 Å². The quantitative estimate of drug-likeness (QED) is 0.903. The molecule has 1 fully saturated rings. The molecule has 1 heterocycles. The SMILES string of the molecule is CNC(C1CCCOC1)C(C)(C)c1ccc(F)cc1. The molecule has 19 heavy (non-hydrogen) atoms. The van der Waals surface area contributed by atoms with Crippen molar-refractivity contribution in [1.82, 2.24) is 5.32 Å². The Morgan fingerprint density at radius 2 is 2.00 bits per heavy atom. The standard InChI is InChI=1S/C16H24FNO/c1-16(2,13-6-8-14(17)9-7-13)15(18-3)12-5-4-10-19-11-12/h6-9,12,15,18H,4-5,10-11H2,1-3H3. The van der Waals surface area contributed by atoms with Crippen LogP contribution in [0.5, 0.6) is 0 Å². The smallest absolute Gasteiger partial charge is 0.123 e. The average molecular weight is 265 g/mol. The van der Waals surface area contributed by atoms with Crippen molar-refractivity contribution in [2.24, 2.45) is 5.92 Å². The molecule has 3 heteroatoms. The van der Waals surface area contributed by atoms with Crippen molar-refractivity contribution in [2.75, 3.05) is 20.3 Å². The molecule has 1 aromatic rings. The first-order chi connectivity index (χ1) is 9.05. The number of ether oxygens (including phenoxy) is 1. The summed E-state index contributed by atoms with van der Waals surface area (Å²) in [4.78, 5) is 0. The molecule has 2 rings (SSSR count). The maximum Gasteiger partial charge on any atom is 0.123 e. The molecule has 0 aromatic heterocycles. The first-order valence-corrected chi connectivity index (χ1v) is 7.06. The van der Waals surface area contributed by atoms with E-state index in [-0.39, 0.29) is 11.2 Å². The lowest BCUT2D eigenvalue weighted by Gasteiger charge is -2.41. The number of likely N-dealkylation sites (N-methyl/N-ethyl adjacent to an activating group) is 1. The van der Waals surface area contributed by atoms with E-state index in [1.165, 1.54) is 12.0 Å². The molecule has 1 aliphatic heterocycles. The molecule has 1 aliphatic rings. The van der Waals surface area contributed by atoms with Gasteiger partial charge in [0.1, 0.15) is 5.82 Å². The molecule has 0 spiro atoms. The maximum atomic E-state index is 13.1. The van der Waals surface area contributed by atoms with E-state index in [1.54, 1.807) is 12.1 Å². The summed E-state index contributed by atoms with van der Waals surface area (Å²) in [5, 5.41) is 3.45. The van der Waals surface area contributed by atoms with Crippen LogP contribution in [0.2, 0.25) is 0 Å². The second kappa shape index (κ2) is 6.02. The van der Waals surface area contributed by atoms with Gasteiger partial charge in [-0.05, 0) is 43.5 Å². The van der Waals surface area contributed by atoms with Crippen LogP contribution >= 0.6 is 0 Å². The summed E-state index contributed by atoms with van der Waals surface area (Å²) in [6.07, 6.45) is 2.32. The summed E-state index contributed by atoms with van der Waals surface area (Å²) in [5.74, 6) is 0.334. The Morgan fingerprint density at radius 3 is 2.53 bits per heavy atom. The van der Waals surface area contributed by atoms with Crippen molar-refractivity contribution >= 4 is 0 Å². The third-order valence-corrected chi connectivity index (χ3v) is 4.34. The Kier molecular flexibility index (Phi) is 4.58. The van der Waals surface area contributed by atoms with Crippen molar-refractivity contribution < 1.29 is 9.13 Å². The number of hydrogen-bond acceptors (Lipinski definition) is 2. The molecular weight excluding hydrogens is 241 g/mol.